The summed E-state index contributed by atoms with van der Waals surface area (Å²) in [5.41, 5.74) is -2.03. The van der Waals surface area contributed by atoms with Gasteiger partial charge in [-0.15, -0.1) is 0 Å². The number of hydrogen-bond acceptors (Lipinski definition) is 4. The number of amides is 1. The molecule has 0 bridgehead atoms. The number of aromatic nitrogens is 2. The lowest BCUT2D eigenvalue weighted by molar-refractivity contribution is -0.138. The number of nitrogens with zero attached hydrogens (tertiary/aromatic N) is 3. The highest BCUT2D eigenvalue weighted by atomic mass is 19.1. The van der Waals surface area contributed by atoms with Gasteiger partial charge in [0.25, 0.3) is 5.56 Å². The molecule has 2 fully saturated rings. The van der Waals surface area contributed by atoms with Gasteiger partial charge in [0.2, 0.25) is 11.7 Å². The molecular formula is C24H25F2N3O4. The van der Waals surface area contributed by atoms with Gasteiger partial charge in [-0.25, -0.2) is 13.8 Å². The lowest BCUT2D eigenvalue weighted by Gasteiger charge is -2.23. The van der Waals surface area contributed by atoms with Crippen molar-refractivity contribution in [2.75, 3.05) is 4.90 Å². The van der Waals surface area contributed by atoms with Gasteiger partial charge in [-0.2, -0.15) is 0 Å². The highest BCUT2D eigenvalue weighted by Gasteiger charge is 2.51. The largest absolute Gasteiger partial charge is 0.481 e. The molecule has 174 valence electrons. The van der Waals surface area contributed by atoms with Crippen LogP contribution in [0, 0.1) is 17.6 Å². The fourth-order valence-electron chi connectivity index (χ4n) is 5.48. The zero-order chi connectivity index (χ0) is 23.7. The summed E-state index contributed by atoms with van der Waals surface area (Å²) in [5.74, 6) is -3.50. The Morgan fingerprint density at radius 2 is 1.94 bits per heavy atom. The first kappa shape index (κ1) is 21.7. The number of carbonyl (C=O) groups is 2. The summed E-state index contributed by atoms with van der Waals surface area (Å²) in [7, 11) is 0. The minimum absolute atomic E-state index is 0.0457. The highest BCUT2D eigenvalue weighted by Crippen LogP contribution is 2.51. The van der Waals surface area contributed by atoms with Crippen molar-refractivity contribution in [3.05, 3.63) is 51.6 Å². The molecule has 0 unspecified atom stereocenters. The molecule has 3 aliphatic rings. The number of carbonyl (C=O) groups excluding carboxylic acids is 1. The molecule has 2 aliphatic carbocycles. The molecule has 33 heavy (non-hydrogen) atoms. The van der Waals surface area contributed by atoms with Crippen LogP contribution in [0.1, 0.15) is 75.5 Å². The Kier molecular flexibility index (Phi) is 4.91. The van der Waals surface area contributed by atoms with E-state index < -0.39 is 34.5 Å². The number of anilines is 2. The van der Waals surface area contributed by atoms with Gasteiger partial charge in [-0.1, -0.05) is 6.42 Å². The van der Waals surface area contributed by atoms with Gasteiger partial charge in [0, 0.05) is 24.0 Å². The zero-order valence-corrected chi connectivity index (χ0v) is 18.5. The Hall–Kier alpha value is -3.10. The van der Waals surface area contributed by atoms with Crippen molar-refractivity contribution >= 4 is 23.4 Å². The predicted molar refractivity (Wildman–Crippen MR) is 116 cm³/mol. The SMILES string of the molecule is CC1(C)C(=O)N(c2nccn([C@H]3CCC[C@H]3CC(=O)O)c2=O)c2c(F)cc(C3CC3)c(F)c21. The standard InChI is InChI=1S/C24H25F2N3O4/c1-24(2)18-19(26)14(12-6-7-12)11-15(25)20(18)29(23(24)33)21-22(32)28(9-8-27-21)16-5-3-4-13(16)10-17(30)31/h8-9,11-13,16H,3-7,10H2,1-2H3,(H,30,31)/t13-,16-/m0/s1. The maximum absolute atomic E-state index is 15.5. The molecule has 2 heterocycles. The second-order valence-electron chi connectivity index (χ2n) is 9.84. The lowest BCUT2D eigenvalue weighted by atomic mass is 9.84. The minimum Gasteiger partial charge on any atom is -0.481 e. The average Bonchev–Trinajstić information content (AvgIpc) is 3.45. The predicted octanol–water partition coefficient (Wildman–Crippen LogP) is 4.17. The van der Waals surface area contributed by atoms with Crippen LogP contribution >= 0.6 is 0 Å². The van der Waals surface area contributed by atoms with Crippen LogP contribution in [0.5, 0.6) is 0 Å². The molecule has 2 saturated carbocycles. The van der Waals surface area contributed by atoms with Crippen LogP contribution in [0.25, 0.3) is 0 Å². The van der Waals surface area contributed by atoms with Crippen LogP contribution in [0.15, 0.2) is 23.3 Å². The van der Waals surface area contributed by atoms with Crippen molar-refractivity contribution in [3.63, 3.8) is 0 Å². The number of carboxylic acid groups (broad SMARTS) is 1. The second kappa shape index (κ2) is 7.46. The van der Waals surface area contributed by atoms with Crippen molar-refractivity contribution in [1.29, 1.82) is 0 Å². The van der Waals surface area contributed by atoms with Crippen LogP contribution < -0.4 is 10.5 Å². The van der Waals surface area contributed by atoms with Crippen LogP contribution in [-0.2, 0) is 15.0 Å². The normalized spacial score (nSPS) is 23.8. The van der Waals surface area contributed by atoms with Gasteiger partial charge in [-0.05, 0) is 63.0 Å². The molecule has 1 N–H and O–H groups in total. The van der Waals surface area contributed by atoms with Crippen molar-refractivity contribution in [3.8, 4) is 0 Å². The molecule has 0 saturated heterocycles. The van der Waals surface area contributed by atoms with Gasteiger partial charge in [-0.3, -0.25) is 19.3 Å². The molecule has 7 nitrogen and oxygen atoms in total. The first-order valence-electron chi connectivity index (χ1n) is 11.3. The number of fused-ring (bicyclic) bond motifs is 1. The van der Waals surface area contributed by atoms with Crippen LogP contribution in [0.2, 0.25) is 0 Å². The third-order valence-electron chi connectivity index (χ3n) is 7.30. The third kappa shape index (κ3) is 3.28. The Balaban J connectivity index is 1.64. The maximum Gasteiger partial charge on any atom is 0.303 e. The third-order valence-corrected chi connectivity index (χ3v) is 7.30. The van der Waals surface area contributed by atoms with E-state index in [2.05, 4.69) is 4.98 Å². The van der Waals surface area contributed by atoms with E-state index in [1.54, 1.807) is 0 Å². The van der Waals surface area contributed by atoms with E-state index in [1.165, 1.54) is 30.8 Å². The summed E-state index contributed by atoms with van der Waals surface area (Å²) >= 11 is 0. The summed E-state index contributed by atoms with van der Waals surface area (Å²) < 4.78 is 32.2. The Bertz CT molecular complexity index is 1230. The van der Waals surface area contributed by atoms with Gasteiger partial charge in [0.1, 0.15) is 11.6 Å². The zero-order valence-electron chi connectivity index (χ0n) is 18.5. The van der Waals surface area contributed by atoms with Gasteiger partial charge in [0.15, 0.2) is 0 Å². The molecule has 5 rings (SSSR count). The number of rotatable bonds is 5. The summed E-state index contributed by atoms with van der Waals surface area (Å²) in [6, 6.07) is 0.772. The molecule has 0 spiro atoms. The van der Waals surface area contributed by atoms with Crippen LogP contribution in [0.4, 0.5) is 20.3 Å². The molecule has 1 aliphatic heterocycles. The monoisotopic (exact) mass is 457 g/mol. The average molecular weight is 457 g/mol. The smallest absolute Gasteiger partial charge is 0.303 e. The topological polar surface area (TPSA) is 92.5 Å². The van der Waals surface area contributed by atoms with E-state index in [1.807, 2.05) is 0 Å². The number of carboxylic acids is 1. The van der Waals surface area contributed by atoms with Crippen molar-refractivity contribution in [1.82, 2.24) is 9.55 Å². The number of hydrogen-bond donors (Lipinski definition) is 1. The summed E-state index contributed by atoms with van der Waals surface area (Å²) in [4.78, 5) is 43.1. The summed E-state index contributed by atoms with van der Waals surface area (Å²) in [5, 5.41) is 9.23. The van der Waals surface area contributed by atoms with Crippen molar-refractivity contribution < 1.29 is 23.5 Å². The van der Waals surface area contributed by atoms with E-state index >= 15 is 8.78 Å². The molecule has 1 aromatic carbocycles. The fourth-order valence-corrected chi connectivity index (χ4v) is 5.48. The fraction of sp³-hybridized carbons (Fsp3) is 0.500. The summed E-state index contributed by atoms with van der Waals surface area (Å²) in [6.45, 7) is 3.05. The van der Waals surface area contributed by atoms with E-state index in [4.69, 9.17) is 0 Å². The number of aliphatic carboxylic acids is 1. The van der Waals surface area contributed by atoms with Gasteiger partial charge in [0.05, 0.1) is 17.5 Å². The molecule has 9 heteroatoms. The summed E-state index contributed by atoms with van der Waals surface area (Å²) in [6.07, 6.45) is 6.35. The van der Waals surface area contributed by atoms with Crippen LogP contribution in [-0.4, -0.2) is 26.5 Å². The first-order valence-corrected chi connectivity index (χ1v) is 11.3. The maximum atomic E-state index is 15.5. The van der Waals surface area contributed by atoms with Crippen LogP contribution in [0.3, 0.4) is 0 Å². The molecule has 1 aromatic heterocycles. The number of benzene rings is 1. The van der Waals surface area contributed by atoms with Crippen molar-refractivity contribution in [2.24, 2.45) is 5.92 Å². The molecule has 1 amide bonds. The molecular weight excluding hydrogens is 432 g/mol. The van der Waals surface area contributed by atoms with E-state index in [0.29, 0.717) is 12.8 Å². The highest BCUT2D eigenvalue weighted by molar-refractivity contribution is 6.12. The second-order valence-corrected chi connectivity index (χ2v) is 9.84. The minimum atomic E-state index is -1.38. The van der Waals surface area contributed by atoms with Gasteiger partial charge < -0.3 is 9.67 Å². The Labute approximate surface area is 189 Å². The molecule has 2 aromatic rings. The molecule has 2 atom stereocenters. The van der Waals surface area contributed by atoms with E-state index in [-0.39, 0.29) is 46.9 Å². The molecule has 0 radical (unpaired) electrons. The van der Waals surface area contributed by atoms with Gasteiger partial charge >= 0.3 is 5.97 Å². The quantitative estimate of drug-likeness (QED) is 0.728. The van der Waals surface area contributed by atoms with E-state index in [9.17, 15) is 19.5 Å². The van der Waals surface area contributed by atoms with E-state index in [0.717, 1.165) is 30.2 Å². The Morgan fingerprint density at radius 3 is 2.61 bits per heavy atom. The van der Waals surface area contributed by atoms with Crippen molar-refractivity contribution in [2.45, 2.75) is 69.7 Å². The lowest BCUT2D eigenvalue weighted by Crippen LogP contribution is -2.39. The number of halogens is 2. The first-order chi connectivity index (χ1) is 15.6. The Morgan fingerprint density at radius 1 is 1.21 bits per heavy atom.